The van der Waals surface area contributed by atoms with Gasteiger partial charge in [-0.05, 0) is 36.1 Å². The van der Waals surface area contributed by atoms with E-state index in [1.165, 1.54) is 24.3 Å². The molecule has 0 heterocycles. The van der Waals surface area contributed by atoms with E-state index in [1.54, 1.807) is 0 Å². The van der Waals surface area contributed by atoms with Crippen LogP contribution in [0.15, 0.2) is 34.1 Å². The third-order valence-electron chi connectivity index (χ3n) is 3.29. The molecule has 0 saturated heterocycles. The fourth-order valence-electron chi connectivity index (χ4n) is 2.20. The lowest BCUT2D eigenvalue weighted by Gasteiger charge is -2.13. The first-order valence-electron chi connectivity index (χ1n) is 7.03. The molecule has 4 N–H and O–H groups in total. The fourth-order valence-corrected chi connectivity index (χ4v) is 3.33. The molecule has 2 aromatic carbocycles. The minimum atomic E-state index is -4.45. The molecule has 0 aromatic heterocycles. The highest BCUT2D eigenvalue weighted by Gasteiger charge is 2.18. The summed E-state index contributed by atoms with van der Waals surface area (Å²) in [6.07, 6.45) is 1.74. The van der Waals surface area contributed by atoms with E-state index in [0.717, 1.165) is 12.8 Å². The van der Waals surface area contributed by atoms with Gasteiger partial charge in [0.2, 0.25) is 0 Å². The summed E-state index contributed by atoms with van der Waals surface area (Å²) in [6, 6.07) is 5.60. The molecule has 0 aliphatic rings. The van der Waals surface area contributed by atoms with Gasteiger partial charge in [0.05, 0.1) is 17.7 Å². The van der Waals surface area contributed by atoms with Crippen LogP contribution in [-0.4, -0.2) is 29.9 Å². The number of phenols is 1. The summed E-state index contributed by atoms with van der Waals surface area (Å²) in [4.78, 5) is 0.0778. The van der Waals surface area contributed by atoms with Crippen molar-refractivity contribution >= 4 is 38.6 Å². The molecule has 0 amide bonds. The number of rotatable bonds is 8. The second-order valence-electron chi connectivity index (χ2n) is 4.99. The molecule has 0 spiro atoms. The van der Waals surface area contributed by atoms with Crippen molar-refractivity contribution in [1.82, 2.24) is 0 Å². The third kappa shape index (κ3) is 4.50. The molecule has 132 valence electrons. The predicted octanol–water partition coefficient (Wildman–Crippen LogP) is 3.43. The van der Waals surface area contributed by atoms with Crippen LogP contribution in [0.2, 0.25) is 0 Å². The van der Waals surface area contributed by atoms with Gasteiger partial charge in [-0.1, -0.05) is 18.4 Å². The quantitative estimate of drug-likeness (QED) is 0.180. The first-order valence-corrected chi connectivity index (χ1v) is 9.22. The first kappa shape index (κ1) is 18.8. The minimum Gasteiger partial charge on any atom is -0.507 e. The SMILES string of the molecule is CCCCNc1cc2c(O)cc(SOOO)cc2cc1S(=O)(=O)O. The fraction of sp³-hybridized carbons (Fsp3) is 0.286. The van der Waals surface area contributed by atoms with Crippen molar-refractivity contribution in [3.8, 4) is 5.75 Å². The van der Waals surface area contributed by atoms with Crippen LogP contribution in [0.4, 0.5) is 5.69 Å². The first-order chi connectivity index (χ1) is 11.4. The Hall–Kier alpha value is -1.56. The summed E-state index contributed by atoms with van der Waals surface area (Å²) in [5.74, 6) is -0.114. The summed E-state index contributed by atoms with van der Waals surface area (Å²) >= 11 is 0.624. The Balaban J connectivity index is 2.55. The lowest BCUT2D eigenvalue weighted by Crippen LogP contribution is -2.08. The Morgan fingerprint density at radius 1 is 1.25 bits per heavy atom. The van der Waals surface area contributed by atoms with E-state index in [0.29, 0.717) is 34.3 Å². The molecule has 0 saturated carbocycles. The number of fused-ring (bicyclic) bond motifs is 1. The van der Waals surface area contributed by atoms with Crippen LogP contribution in [0.1, 0.15) is 19.8 Å². The van der Waals surface area contributed by atoms with Gasteiger partial charge in [-0.2, -0.15) is 8.42 Å². The lowest BCUT2D eigenvalue weighted by molar-refractivity contribution is -0.432. The van der Waals surface area contributed by atoms with Crippen molar-refractivity contribution in [1.29, 1.82) is 0 Å². The number of hydrogen-bond donors (Lipinski definition) is 4. The number of nitrogens with one attached hydrogen (secondary N) is 1. The van der Waals surface area contributed by atoms with E-state index in [-0.39, 0.29) is 16.3 Å². The second kappa shape index (κ2) is 8.01. The van der Waals surface area contributed by atoms with Crippen molar-refractivity contribution in [2.45, 2.75) is 29.6 Å². The van der Waals surface area contributed by atoms with E-state index < -0.39 is 10.1 Å². The smallest absolute Gasteiger partial charge is 0.296 e. The van der Waals surface area contributed by atoms with E-state index in [4.69, 9.17) is 5.26 Å². The van der Waals surface area contributed by atoms with Gasteiger partial charge in [-0.15, -0.1) is 4.33 Å². The van der Waals surface area contributed by atoms with Crippen LogP contribution in [0, 0.1) is 0 Å². The summed E-state index contributed by atoms with van der Waals surface area (Å²) in [6.45, 7) is 2.52. The van der Waals surface area contributed by atoms with Gasteiger partial charge in [0.15, 0.2) is 0 Å². The predicted molar refractivity (Wildman–Crippen MR) is 89.5 cm³/mol. The van der Waals surface area contributed by atoms with E-state index in [2.05, 4.69) is 14.7 Å². The molecule has 0 radical (unpaired) electrons. The van der Waals surface area contributed by atoms with E-state index in [1.807, 2.05) is 6.92 Å². The largest absolute Gasteiger partial charge is 0.507 e. The van der Waals surface area contributed by atoms with Crippen molar-refractivity contribution in [2.75, 3.05) is 11.9 Å². The van der Waals surface area contributed by atoms with E-state index in [9.17, 15) is 18.1 Å². The summed E-state index contributed by atoms with van der Waals surface area (Å²) in [7, 11) is -4.45. The third-order valence-corrected chi connectivity index (χ3v) is 4.74. The molecule has 0 aliphatic heterocycles. The number of hydrogen-bond acceptors (Lipinski definition) is 8. The molecular formula is C14H17NO7S2. The van der Waals surface area contributed by atoms with Crippen LogP contribution < -0.4 is 5.32 Å². The standard InChI is InChI=1S/C14H17NO7S2/c1-2-3-4-15-12-8-11-9(6-14(12)24(18,19)20)5-10(7-13(11)16)23-22-21-17/h5-8,15-17H,2-4H2,1H3,(H,18,19,20). The molecule has 2 aromatic rings. The van der Waals surface area contributed by atoms with Crippen molar-refractivity contribution in [2.24, 2.45) is 0 Å². The summed E-state index contributed by atoms with van der Waals surface area (Å²) < 4.78 is 37.0. The average Bonchev–Trinajstić information content (AvgIpc) is 2.52. The zero-order chi connectivity index (χ0) is 17.7. The van der Waals surface area contributed by atoms with Crippen LogP contribution in [-0.2, 0) is 19.5 Å². The van der Waals surface area contributed by atoms with Crippen LogP contribution in [0.5, 0.6) is 5.75 Å². The van der Waals surface area contributed by atoms with Gasteiger partial charge in [-0.3, -0.25) is 4.55 Å². The topological polar surface area (TPSA) is 125 Å². The Morgan fingerprint density at radius 3 is 2.62 bits per heavy atom. The highest BCUT2D eigenvalue weighted by Crippen LogP contribution is 2.36. The molecule has 24 heavy (non-hydrogen) atoms. The Labute approximate surface area is 143 Å². The molecule has 0 unspecified atom stereocenters. The molecule has 0 aliphatic carbocycles. The van der Waals surface area contributed by atoms with Gasteiger partial charge < -0.3 is 10.4 Å². The van der Waals surface area contributed by atoms with Crippen molar-refractivity contribution in [3.05, 3.63) is 24.3 Å². The Morgan fingerprint density at radius 2 is 2.00 bits per heavy atom. The molecule has 0 fully saturated rings. The molecule has 10 heteroatoms. The normalized spacial score (nSPS) is 11.8. The highest BCUT2D eigenvalue weighted by atomic mass is 32.2. The molecule has 0 bridgehead atoms. The average molecular weight is 375 g/mol. The zero-order valence-electron chi connectivity index (χ0n) is 12.7. The van der Waals surface area contributed by atoms with Crippen LogP contribution in [0.3, 0.4) is 0 Å². The summed E-state index contributed by atoms with van der Waals surface area (Å²) in [5.41, 5.74) is 0.212. The molecule has 0 atom stereocenters. The number of phenolic OH excluding ortho intramolecular Hbond substituents is 1. The van der Waals surface area contributed by atoms with Crippen molar-refractivity contribution < 1.29 is 32.7 Å². The lowest BCUT2D eigenvalue weighted by atomic mass is 10.1. The van der Waals surface area contributed by atoms with Gasteiger partial charge >= 0.3 is 0 Å². The van der Waals surface area contributed by atoms with E-state index >= 15 is 0 Å². The maximum atomic E-state index is 11.6. The Kier molecular flexibility index (Phi) is 6.27. The minimum absolute atomic E-state index is 0.114. The van der Waals surface area contributed by atoms with Crippen LogP contribution in [0.25, 0.3) is 10.8 Å². The maximum Gasteiger partial charge on any atom is 0.296 e. The zero-order valence-corrected chi connectivity index (χ0v) is 14.4. The molecule has 2 rings (SSSR count). The van der Waals surface area contributed by atoms with Gasteiger partial charge in [0.1, 0.15) is 10.6 Å². The molecular weight excluding hydrogens is 358 g/mol. The number of benzene rings is 2. The van der Waals surface area contributed by atoms with Crippen molar-refractivity contribution in [3.63, 3.8) is 0 Å². The highest BCUT2D eigenvalue weighted by molar-refractivity contribution is 7.94. The summed E-state index contributed by atoms with van der Waals surface area (Å²) in [5, 5.41) is 25.5. The second-order valence-corrected chi connectivity index (χ2v) is 7.16. The number of unbranched alkanes of at least 4 members (excludes halogenated alkanes) is 1. The van der Waals surface area contributed by atoms with Crippen LogP contribution >= 0.6 is 12.0 Å². The molecule has 8 nitrogen and oxygen atoms in total. The number of anilines is 1. The van der Waals surface area contributed by atoms with Gasteiger partial charge in [0, 0.05) is 16.8 Å². The van der Waals surface area contributed by atoms with Gasteiger partial charge in [-0.25, -0.2) is 5.26 Å². The maximum absolute atomic E-state index is 11.6. The van der Waals surface area contributed by atoms with Gasteiger partial charge in [0.25, 0.3) is 10.1 Å². The number of aromatic hydroxyl groups is 1. The monoisotopic (exact) mass is 375 g/mol. The Bertz CT molecular complexity index is 823.